The molecule has 0 fully saturated rings. The molecule has 276 valence electrons. The van der Waals surface area contributed by atoms with Crippen molar-refractivity contribution in [3.8, 4) is 0 Å². The second-order valence-electron chi connectivity index (χ2n) is 13.5. The van der Waals surface area contributed by atoms with E-state index in [2.05, 4.69) is 19.2 Å². The van der Waals surface area contributed by atoms with Crippen LogP contribution in [0.1, 0.15) is 200 Å². The quantitative estimate of drug-likeness (QED) is 0.0380. The minimum Gasteiger partial charge on any atom is -0.391 e. The van der Waals surface area contributed by atoms with Gasteiger partial charge < -0.3 is 21.1 Å². The summed E-state index contributed by atoms with van der Waals surface area (Å²) in [6.07, 6.45) is 34.0. The van der Waals surface area contributed by atoms with E-state index in [-0.39, 0.29) is 25.7 Å². The van der Waals surface area contributed by atoms with E-state index in [1.165, 1.54) is 135 Å². The van der Waals surface area contributed by atoms with Gasteiger partial charge in [0.15, 0.2) is 0 Å². The average Bonchev–Trinajstić information content (AvgIpc) is 3.04. The number of phosphoric acid groups is 1. The molecule has 0 heterocycles. The maximum Gasteiger partial charge on any atom is 0.472 e. The molecule has 0 spiro atoms. The number of phosphoric ester groups is 1. The Hall–Kier alpha value is -0.500. The molecule has 0 bridgehead atoms. The number of hydrogen-bond acceptors (Lipinski definition) is 6. The smallest absolute Gasteiger partial charge is 0.391 e. The number of hydrogen-bond donors (Lipinski definition) is 4. The van der Waals surface area contributed by atoms with Crippen molar-refractivity contribution in [2.45, 2.75) is 212 Å². The molecule has 0 saturated carbocycles. The van der Waals surface area contributed by atoms with Crippen molar-refractivity contribution >= 4 is 13.7 Å². The van der Waals surface area contributed by atoms with Gasteiger partial charge in [-0.25, -0.2) is 4.57 Å². The zero-order chi connectivity index (χ0) is 34.0. The second kappa shape index (κ2) is 34.4. The van der Waals surface area contributed by atoms with Crippen LogP contribution >= 0.6 is 7.82 Å². The molecule has 0 aliphatic carbocycles. The van der Waals surface area contributed by atoms with Gasteiger partial charge in [-0.05, 0) is 12.8 Å². The summed E-state index contributed by atoms with van der Waals surface area (Å²) in [5.74, 6) is -0.160. The van der Waals surface area contributed by atoms with E-state index in [9.17, 15) is 19.4 Å². The highest BCUT2D eigenvalue weighted by molar-refractivity contribution is 7.47. The molecule has 0 aliphatic heterocycles. The van der Waals surface area contributed by atoms with Gasteiger partial charge in [-0.15, -0.1) is 0 Å². The summed E-state index contributed by atoms with van der Waals surface area (Å²) in [7, 11) is -4.30. The molecule has 46 heavy (non-hydrogen) atoms. The first-order valence-corrected chi connectivity index (χ1v) is 21.1. The number of nitrogens with one attached hydrogen (secondary N) is 1. The number of aliphatic hydroxyl groups is 1. The molecule has 3 unspecified atom stereocenters. The predicted octanol–water partition coefficient (Wildman–Crippen LogP) is 10.3. The fraction of sp³-hybridized carbons (Fsp3) is 0.973. The minimum atomic E-state index is -4.30. The van der Waals surface area contributed by atoms with Gasteiger partial charge in [-0.3, -0.25) is 13.8 Å². The standard InChI is InChI=1S/C37H77N2O6P/c1-3-5-7-9-11-13-14-15-16-17-18-19-20-21-23-25-27-29-31-37(41)39-35(34-45-46(42,43)44-33-32-38)36(40)30-28-26-24-22-12-10-8-6-4-2/h35-36,40H,3-34,38H2,1-2H3,(H,39,41)(H,42,43). The van der Waals surface area contributed by atoms with Crippen molar-refractivity contribution in [3.63, 3.8) is 0 Å². The van der Waals surface area contributed by atoms with Crippen LogP contribution in [0.3, 0.4) is 0 Å². The molecule has 0 aromatic heterocycles. The highest BCUT2D eigenvalue weighted by atomic mass is 31.2. The van der Waals surface area contributed by atoms with Gasteiger partial charge in [0.05, 0.1) is 25.4 Å². The van der Waals surface area contributed by atoms with Crippen LogP contribution in [0.4, 0.5) is 0 Å². The zero-order valence-electron chi connectivity index (χ0n) is 30.3. The number of rotatable bonds is 37. The van der Waals surface area contributed by atoms with Crippen LogP contribution in [-0.4, -0.2) is 47.8 Å². The maximum atomic E-state index is 12.7. The molecule has 9 heteroatoms. The van der Waals surface area contributed by atoms with Crippen LogP contribution in [0.2, 0.25) is 0 Å². The molecule has 0 saturated heterocycles. The third kappa shape index (κ3) is 32.1. The summed E-state index contributed by atoms with van der Waals surface area (Å²) < 4.78 is 22.0. The molecule has 0 aromatic rings. The zero-order valence-corrected chi connectivity index (χ0v) is 31.2. The first kappa shape index (κ1) is 45.5. The Bertz CT molecular complexity index is 699. The summed E-state index contributed by atoms with van der Waals surface area (Å²) in [6.45, 7) is 4.19. The van der Waals surface area contributed by atoms with E-state index in [0.29, 0.717) is 12.8 Å². The summed E-state index contributed by atoms with van der Waals surface area (Å²) in [5.41, 5.74) is 5.35. The molecule has 5 N–H and O–H groups in total. The lowest BCUT2D eigenvalue weighted by Gasteiger charge is -2.25. The largest absolute Gasteiger partial charge is 0.472 e. The van der Waals surface area contributed by atoms with Crippen molar-refractivity contribution in [2.75, 3.05) is 19.8 Å². The van der Waals surface area contributed by atoms with Gasteiger partial charge in [0.25, 0.3) is 0 Å². The minimum absolute atomic E-state index is 0.0920. The molecule has 3 atom stereocenters. The Morgan fingerprint density at radius 2 is 1.00 bits per heavy atom. The molecule has 0 radical (unpaired) electrons. The fourth-order valence-electron chi connectivity index (χ4n) is 5.96. The molecule has 0 aliphatic rings. The topological polar surface area (TPSA) is 131 Å². The van der Waals surface area contributed by atoms with E-state index in [4.69, 9.17) is 14.8 Å². The summed E-state index contributed by atoms with van der Waals surface area (Å²) in [6, 6.07) is -0.765. The Kier molecular flexibility index (Phi) is 34.0. The summed E-state index contributed by atoms with van der Waals surface area (Å²) >= 11 is 0. The summed E-state index contributed by atoms with van der Waals surface area (Å²) in [5, 5.41) is 13.7. The van der Waals surface area contributed by atoms with Gasteiger partial charge in [0, 0.05) is 13.0 Å². The van der Waals surface area contributed by atoms with Crippen LogP contribution in [0.15, 0.2) is 0 Å². The number of amides is 1. The first-order valence-electron chi connectivity index (χ1n) is 19.7. The SMILES string of the molecule is CCCCCCCCCCCCCCCCCCCCC(=O)NC(COP(=O)(O)OCCN)C(O)CCCCCCCCCCC. The van der Waals surface area contributed by atoms with E-state index in [1.54, 1.807) is 0 Å². The van der Waals surface area contributed by atoms with Gasteiger partial charge >= 0.3 is 7.82 Å². The Balaban J connectivity index is 4.09. The summed E-state index contributed by atoms with van der Waals surface area (Å²) in [4.78, 5) is 22.6. The monoisotopic (exact) mass is 677 g/mol. The van der Waals surface area contributed by atoms with Crippen LogP contribution in [0, 0.1) is 0 Å². The Morgan fingerprint density at radius 1 is 0.630 bits per heavy atom. The lowest BCUT2D eigenvalue weighted by atomic mass is 10.0. The van der Waals surface area contributed by atoms with E-state index in [1.807, 2.05) is 0 Å². The van der Waals surface area contributed by atoms with Crippen molar-refractivity contribution in [2.24, 2.45) is 5.73 Å². The van der Waals surface area contributed by atoms with Gasteiger partial charge in [0.1, 0.15) is 0 Å². The van der Waals surface area contributed by atoms with E-state index in [0.717, 1.165) is 38.5 Å². The van der Waals surface area contributed by atoms with E-state index < -0.39 is 20.0 Å². The third-order valence-electron chi connectivity index (χ3n) is 8.96. The van der Waals surface area contributed by atoms with Crippen LogP contribution in [0.25, 0.3) is 0 Å². The number of unbranched alkanes of at least 4 members (excludes halogenated alkanes) is 25. The fourth-order valence-corrected chi connectivity index (χ4v) is 6.72. The lowest BCUT2D eigenvalue weighted by Crippen LogP contribution is -2.46. The molecule has 0 aromatic carbocycles. The molecular weight excluding hydrogens is 599 g/mol. The highest BCUT2D eigenvalue weighted by Gasteiger charge is 2.27. The molecule has 1 amide bonds. The van der Waals surface area contributed by atoms with Gasteiger partial charge in [-0.2, -0.15) is 0 Å². The normalized spacial score (nSPS) is 14.3. The number of aliphatic hydroxyl groups excluding tert-OH is 1. The molecule has 0 rings (SSSR count). The Morgan fingerprint density at radius 3 is 1.39 bits per heavy atom. The third-order valence-corrected chi connectivity index (χ3v) is 9.95. The molecular formula is C37H77N2O6P. The van der Waals surface area contributed by atoms with Crippen molar-refractivity contribution in [1.29, 1.82) is 0 Å². The van der Waals surface area contributed by atoms with E-state index >= 15 is 0 Å². The Labute approximate surface area is 284 Å². The average molecular weight is 677 g/mol. The van der Waals surface area contributed by atoms with Crippen molar-refractivity contribution in [3.05, 3.63) is 0 Å². The number of carbonyl (C=O) groups excluding carboxylic acids is 1. The maximum absolute atomic E-state index is 12.7. The van der Waals surface area contributed by atoms with Crippen LogP contribution < -0.4 is 11.1 Å². The van der Waals surface area contributed by atoms with Crippen LogP contribution in [0.5, 0.6) is 0 Å². The lowest BCUT2D eigenvalue weighted by molar-refractivity contribution is -0.123. The second-order valence-corrected chi connectivity index (χ2v) is 15.0. The highest BCUT2D eigenvalue weighted by Crippen LogP contribution is 2.43. The molecule has 8 nitrogen and oxygen atoms in total. The predicted molar refractivity (Wildman–Crippen MR) is 194 cm³/mol. The number of carbonyl (C=O) groups is 1. The number of nitrogens with two attached hydrogens (primary N) is 1. The van der Waals surface area contributed by atoms with Gasteiger partial charge in [0.2, 0.25) is 5.91 Å². The van der Waals surface area contributed by atoms with Crippen LogP contribution in [-0.2, 0) is 18.4 Å². The first-order chi connectivity index (χ1) is 22.4. The van der Waals surface area contributed by atoms with Crippen molar-refractivity contribution < 1.29 is 28.4 Å². The van der Waals surface area contributed by atoms with Crippen molar-refractivity contribution in [1.82, 2.24) is 5.32 Å². The van der Waals surface area contributed by atoms with Gasteiger partial charge in [-0.1, -0.05) is 181 Å².